The van der Waals surface area contributed by atoms with Crippen molar-refractivity contribution in [3.8, 4) is 11.5 Å². The van der Waals surface area contributed by atoms with E-state index in [-0.39, 0.29) is 11.3 Å². The highest BCUT2D eigenvalue weighted by molar-refractivity contribution is 7.17. The van der Waals surface area contributed by atoms with Crippen LogP contribution in [-0.2, 0) is 22.4 Å². The first-order chi connectivity index (χ1) is 12.6. The number of fused-ring (bicyclic) bond motifs is 1. The third-order valence-electron chi connectivity index (χ3n) is 5.65. The lowest BCUT2D eigenvalue weighted by Crippen LogP contribution is -2.46. The van der Waals surface area contributed by atoms with Gasteiger partial charge in [-0.05, 0) is 51.0 Å². The number of allylic oxidation sites excluding steroid dienone is 1. The minimum Gasteiger partial charge on any atom is -0.380 e. The smallest absolute Gasteiger partial charge is 0.261 e. The van der Waals surface area contributed by atoms with Gasteiger partial charge in [0, 0.05) is 15.9 Å². The van der Waals surface area contributed by atoms with E-state index in [1.54, 1.807) is 11.3 Å². The second kappa shape index (κ2) is 6.03. The molecule has 3 heterocycles. The number of rotatable bonds is 3. The highest BCUT2D eigenvalue weighted by atomic mass is 32.1. The number of amides is 1. The van der Waals surface area contributed by atoms with Gasteiger partial charge in [0.15, 0.2) is 5.82 Å². The largest absolute Gasteiger partial charge is 0.380 e. The van der Waals surface area contributed by atoms with Crippen molar-refractivity contribution in [2.45, 2.75) is 45.4 Å². The standard InChI is InChI=1S/C19H21N3O3S/c1-11-20-17(25-22-11)15-13-6-7-19(9-24-10-19)8-14(13)26-18(15)21-16(23)12-4-2-3-5-12/h4H,2-3,5-10H2,1H3,(H,21,23). The lowest BCUT2D eigenvalue weighted by atomic mass is 9.72. The fourth-order valence-corrected chi connectivity index (χ4v) is 5.56. The summed E-state index contributed by atoms with van der Waals surface area (Å²) >= 11 is 1.66. The third kappa shape index (κ3) is 2.61. The van der Waals surface area contributed by atoms with Crippen molar-refractivity contribution in [1.29, 1.82) is 0 Å². The monoisotopic (exact) mass is 371 g/mol. The predicted octanol–water partition coefficient (Wildman–Crippen LogP) is 3.66. The molecule has 136 valence electrons. The molecular formula is C19H21N3O3S. The zero-order valence-corrected chi connectivity index (χ0v) is 15.6. The Morgan fingerprint density at radius 2 is 2.23 bits per heavy atom. The highest BCUT2D eigenvalue weighted by Gasteiger charge is 2.43. The SMILES string of the molecule is Cc1noc(-c2c(NC(=O)C3=CCCC3)sc3c2CCC2(COC2)C3)n1. The minimum absolute atomic E-state index is 0.000255. The summed E-state index contributed by atoms with van der Waals surface area (Å²) in [6, 6.07) is 0. The molecule has 7 heteroatoms. The molecule has 0 saturated carbocycles. The van der Waals surface area contributed by atoms with Gasteiger partial charge in [-0.3, -0.25) is 4.79 Å². The van der Waals surface area contributed by atoms with Gasteiger partial charge in [0.2, 0.25) is 0 Å². The van der Waals surface area contributed by atoms with Gasteiger partial charge in [0.05, 0.1) is 18.8 Å². The average molecular weight is 371 g/mol. The molecular weight excluding hydrogens is 350 g/mol. The lowest BCUT2D eigenvalue weighted by molar-refractivity contribution is -0.119. The second-order valence-electron chi connectivity index (χ2n) is 7.60. The van der Waals surface area contributed by atoms with E-state index in [0.717, 1.165) is 67.9 Å². The normalized spacial score (nSPS) is 20.6. The Morgan fingerprint density at radius 1 is 1.35 bits per heavy atom. The van der Waals surface area contributed by atoms with Gasteiger partial charge in [0.1, 0.15) is 5.00 Å². The quantitative estimate of drug-likeness (QED) is 0.891. The van der Waals surface area contributed by atoms with Crippen molar-refractivity contribution in [2.24, 2.45) is 5.41 Å². The van der Waals surface area contributed by atoms with Gasteiger partial charge in [-0.2, -0.15) is 4.98 Å². The molecule has 2 aromatic heterocycles. The zero-order valence-electron chi connectivity index (χ0n) is 14.8. The number of thiophene rings is 1. The van der Waals surface area contributed by atoms with Crippen molar-refractivity contribution < 1.29 is 14.1 Å². The van der Waals surface area contributed by atoms with E-state index in [4.69, 9.17) is 9.26 Å². The van der Waals surface area contributed by atoms with Crippen LogP contribution < -0.4 is 5.32 Å². The van der Waals surface area contributed by atoms with Gasteiger partial charge in [0.25, 0.3) is 11.8 Å². The van der Waals surface area contributed by atoms with Crippen LogP contribution in [0.1, 0.15) is 41.9 Å². The summed E-state index contributed by atoms with van der Waals surface area (Å²) < 4.78 is 10.9. The number of anilines is 1. The molecule has 1 spiro atoms. The molecule has 0 atom stereocenters. The van der Waals surface area contributed by atoms with E-state index < -0.39 is 0 Å². The number of carbonyl (C=O) groups is 1. The number of nitrogens with one attached hydrogen (secondary N) is 1. The summed E-state index contributed by atoms with van der Waals surface area (Å²) in [5, 5.41) is 7.92. The third-order valence-corrected chi connectivity index (χ3v) is 6.80. The number of hydrogen-bond acceptors (Lipinski definition) is 6. The molecule has 1 amide bonds. The number of hydrogen-bond donors (Lipinski definition) is 1. The molecule has 1 N–H and O–H groups in total. The van der Waals surface area contributed by atoms with Crippen LogP contribution in [0.25, 0.3) is 11.5 Å². The summed E-state index contributed by atoms with van der Waals surface area (Å²) in [7, 11) is 0. The molecule has 1 aliphatic heterocycles. The van der Waals surface area contributed by atoms with Gasteiger partial charge < -0.3 is 14.6 Å². The number of aryl methyl sites for hydroxylation is 1. The van der Waals surface area contributed by atoms with Crippen molar-refractivity contribution >= 4 is 22.2 Å². The molecule has 1 fully saturated rings. The first kappa shape index (κ1) is 16.2. The predicted molar refractivity (Wildman–Crippen MR) is 98.2 cm³/mol. The molecule has 1 saturated heterocycles. The topological polar surface area (TPSA) is 77.2 Å². The molecule has 5 rings (SSSR count). The van der Waals surface area contributed by atoms with E-state index in [1.807, 2.05) is 13.0 Å². The molecule has 0 aromatic carbocycles. The van der Waals surface area contributed by atoms with Gasteiger partial charge in [-0.1, -0.05) is 11.2 Å². The summed E-state index contributed by atoms with van der Waals surface area (Å²) in [5.41, 5.74) is 3.35. The van der Waals surface area contributed by atoms with Crippen molar-refractivity contribution in [2.75, 3.05) is 18.5 Å². The van der Waals surface area contributed by atoms with Crippen LogP contribution in [0.5, 0.6) is 0 Å². The minimum atomic E-state index is 0.000255. The maximum atomic E-state index is 12.7. The lowest BCUT2D eigenvalue weighted by Gasteiger charge is -2.44. The van der Waals surface area contributed by atoms with Crippen LogP contribution in [0.3, 0.4) is 0 Å². The van der Waals surface area contributed by atoms with Crippen LogP contribution in [-0.4, -0.2) is 29.3 Å². The second-order valence-corrected chi connectivity index (χ2v) is 8.71. The molecule has 3 aliphatic rings. The van der Waals surface area contributed by atoms with Crippen molar-refractivity contribution in [3.05, 3.63) is 27.9 Å². The zero-order chi connectivity index (χ0) is 17.7. The van der Waals surface area contributed by atoms with Crippen LogP contribution in [0, 0.1) is 12.3 Å². The van der Waals surface area contributed by atoms with Gasteiger partial charge in [-0.25, -0.2) is 0 Å². The summed E-state index contributed by atoms with van der Waals surface area (Å²) in [5.74, 6) is 1.12. The Labute approximate surface area is 155 Å². The summed E-state index contributed by atoms with van der Waals surface area (Å²) in [6.45, 7) is 3.50. The van der Waals surface area contributed by atoms with Gasteiger partial charge in [-0.15, -0.1) is 11.3 Å². The fraction of sp³-hybridized carbons (Fsp3) is 0.526. The molecule has 26 heavy (non-hydrogen) atoms. The Bertz CT molecular complexity index is 907. The van der Waals surface area contributed by atoms with Crippen molar-refractivity contribution in [3.63, 3.8) is 0 Å². The van der Waals surface area contributed by atoms with E-state index in [2.05, 4.69) is 15.5 Å². The van der Waals surface area contributed by atoms with Crippen molar-refractivity contribution in [1.82, 2.24) is 10.1 Å². The number of carbonyl (C=O) groups excluding carboxylic acids is 1. The van der Waals surface area contributed by atoms with Crippen LogP contribution >= 0.6 is 11.3 Å². The molecule has 2 aliphatic carbocycles. The Morgan fingerprint density at radius 3 is 2.88 bits per heavy atom. The number of ether oxygens (including phenoxy) is 1. The Hall–Kier alpha value is -1.99. The Balaban J connectivity index is 1.53. The maximum Gasteiger partial charge on any atom is 0.261 e. The molecule has 2 aromatic rings. The molecule has 6 nitrogen and oxygen atoms in total. The summed E-state index contributed by atoms with van der Waals surface area (Å²) in [4.78, 5) is 18.4. The number of aromatic nitrogens is 2. The fourth-order valence-electron chi connectivity index (χ4n) is 4.15. The highest BCUT2D eigenvalue weighted by Crippen LogP contribution is 2.50. The molecule has 0 bridgehead atoms. The van der Waals surface area contributed by atoms with Crippen LogP contribution in [0.2, 0.25) is 0 Å². The number of nitrogens with zero attached hydrogens (tertiary/aromatic N) is 2. The van der Waals surface area contributed by atoms with Crippen LogP contribution in [0.4, 0.5) is 5.00 Å². The molecule has 0 unspecified atom stereocenters. The first-order valence-electron chi connectivity index (χ1n) is 9.17. The van der Waals surface area contributed by atoms with Gasteiger partial charge >= 0.3 is 0 Å². The van der Waals surface area contributed by atoms with E-state index in [1.165, 1.54) is 10.4 Å². The van der Waals surface area contributed by atoms with E-state index in [9.17, 15) is 4.79 Å². The van der Waals surface area contributed by atoms with E-state index >= 15 is 0 Å². The van der Waals surface area contributed by atoms with E-state index in [0.29, 0.717) is 11.7 Å². The first-order valence-corrected chi connectivity index (χ1v) is 9.99. The maximum absolute atomic E-state index is 12.7. The van der Waals surface area contributed by atoms with Crippen LogP contribution in [0.15, 0.2) is 16.2 Å². The summed E-state index contributed by atoms with van der Waals surface area (Å²) in [6.07, 6.45) is 8.02. The average Bonchev–Trinajstić information content (AvgIpc) is 3.31. The molecule has 0 radical (unpaired) electrons. The Kier molecular flexibility index (Phi) is 3.76.